The van der Waals surface area contributed by atoms with E-state index in [1.54, 1.807) is 12.0 Å². The molecule has 178 valence electrons. The maximum absolute atomic E-state index is 13.9. The fourth-order valence-electron chi connectivity index (χ4n) is 4.76. The van der Waals surface area contributed by atoms with Crippen molar-refractivity contribution in [1.82, 2.24) is 14.8 Å². The van der Waals surface area contributed by atoms with Gasteiger partial charge >= 0.3 is 0 Å². The second-order valence-corrected chi connectivity index (χ2v) is 9.88. The first kappa shape index (κ1) is 23.2. The molecule has 2 amide bonds. The number of carbonyl (C=O) groups is 2. The van der Waals surface area contributed by atoms with Crippen molar-refractivity contribution in [1.29, 1.82) is 0 Å². The van der Waals surface area contributed by atoms with Crippen LogP contribution in [0, 0.1) is 0 Å². The highest BCUT2D eigenvalue weighted by Crippen LogP contribution is 2.35. The summed E-state index contributed by atoms with van der Waals surface area (Å²) in [6, 6.07) is 25.2. The minimum absolute atomic E-state index is 0.188. The summed E-state index contributed by atoms with van der Waals surface area (Å²) in [6.07, 6.45) is 0. The largest absolute Gasteiger partial charge is 0.496 e. The summed E-state index contributed by atoms with van der Waals surface area (Å²) >= 11 is 3.52. The third-order valence-corrected chi connectivity index (χ3v) is 7.19. The van der Waals surface area contributed by atoms with E-state index in [0.717, 1.165) is 26.5 Å². The number of rotatable bonds is 6. The van der Waals surface area contributed by atoms with Gasteiger partial charge in [0.1, 0.15) is 17.0 Å². The summed E-state index contributed by atoms with van der Waals surface area (Å²) in [5, 5.41) is 4.05. The summed E-state index contributed by atoms with van der Waals surface area (Å²) in [7, 11) is 1.61. The summed E-state index contributed by atoms with van der Waals surface area (Å²) in [4.78, 5) is 29.4. The maximum atomic E-state index is 13.9. The number of benzene rings is 3. The zero-order chi connectivity index (χ0) is 24.6. The Balaban J connectivity index is 1.56. The molecule has 0 fully saturated rings. The van der Waals surface area contributed by atoms with E-state index in [-0.39, 0.29) is 18.4 Å². The van der Waals surface area contributed by atoms with Gasteiger partial charge in [0.2, 0.25) is 5.91 Å². The number of ether oxygens (including phenoxy) is 1. The van der Waals surface area contributed by atoms with Crippen LogP contribution in [0.1, 0.15) is 28.5 Å². The molecular formula is C28H26BrN3O3. The molecule has 1 atom stereocenters. The molecule has 1 aromatic heterocycles. The number of fused-ring (bicyclic) bond motifs is 3. The number of nitrogens with one attached hydrogen (secondary N) is 1. The number of carbonyl (C=O) groups excluding carboxylic acids is 2. The Morgan fingerprint density at radius 3 is 2.57 bits per heavy atom. The first-order valence-corrected chi connectivity index (χ1v) is 12.2. The lowest BCUT2D eigenvalue weighted by atomic mass is 9.93. The fourth-order valence-corrected chi connectivity index (χ4v) is 5.17. The van der Waals surface area contributed by atoms with Crippen molar-refractivity contribution in [3.05, 3.63) is 100 Å². The van der Waals surface area contributed by atoms with Gasteiger partial charge < -0.3 is 19.5 Å². The molecule has 1 aliphatic heterocycles. The Hall–Kier alpha value is -3.58. The average Bonchev–Trinajstić information content (AvgIpc) is 3.24. The van der Waals surface area contributed by atoms with E-state index in [9.17, 15) is 9.59 Å². The molecule has 1 N–H and O–H groups in total. The van der Waals surface area contributed by atoms with E-state index < -0.39 is 5.54 Å². The topological polar surface area (TPSA) is 63.6 Å². The van der Waals surface area contributed by atoms with Gasteiger partial charge in [-0.1, -0.05) is 64.5 Å². The highest BCUT2D eigenvalue weighted by molar-refractivity contribution is 9.10. The lowest BCUT2D eigenvalue weighted by molar-refractivity contribution is -0.133. The molecule has 1 aliphatic rings. The molecule has 0 radical (unpaired) electrons. The zero-order valence-corrected chi connectivity index (χ0v) is 21.2. The molecule has 0 spiro atoms. The van der Waals surface area contributed by atoms with Crippen LogP contribution < -0.4 is 10.1 Å². The molecule has 0 aliphatic carbocycles. The number of nitrogens with zero attached hydrogens (tertiary/aromatic N) is 2. The SMILES string of the molecule is COc1ccc(Br)cc1CN1C(=O)c2cc3ccccc3n2C[C@]1(C)C(=O)NCc1ccccc1. The number of hydrogen-bond acceptors (Lipinski definition) is 3. The monoisotopic (exact) mass is 531 g/mol. The highest BCUT2D eigenvalue weighted by atomic mass is 79.9. The number of methoxy groups -OCH3 is 1. The predicted octanol–water partition coefficient (Wildman–Crippen LogP) is 5.14. The molecule has 0 saturated carbocycles. The number of hydrogen-bond donors (Lipinski definition) is 1. The fraction of sp³-hybridized carbons (Fsp3) is 0.214. The molecule has 35 heavy (non-hydrogen) atoms. The third-order valence-electron chi connectivity index (χ3n) is 6.69. The number of para-hydroxylation sites is 1. The number of aromatic nitrogens is 1. The Kier molecular flexibility index (Phi) is 6.11. The summed E-state index contributed by atoms with van der Waals surface area (Å²) in [5.74, 6) is 0.276. The smallest absolute Gasteiger partial charge is 0.271 e. The quantitative estimate of drug-likeness (QED) is 0.374. The van der Waals surface area contributed by atoms with Crippen LogP contribution in [0.4, 0.5) is 0 Å². The first-order chi connectivity index (χ1) is 16.9. The molecule has 3 aromatic carbocycles. The van der Waals surface area contributed by atoms with Crippen molar-refractivity contribution >= 4 is 38.6 Å². The van der Waals surface area contributed by atoms with Crippen LogP contribution in [0.5, 0.6) is 5.75 Å². The summed E-state index contributed by atoms with van der Waals surface area (Å²) in [5.41, 5.74) is 2.22. The lowest BCUT2D eigenvalue weighted by Crippen LogP contribution is -2.63. The molecule has 7 heteroatoms. The number of halogens is 1. The van der Waals surface area contributed by atoms with E-state index in [0.29, 0.717) is 24.5 Å². The van der Waals surface area contributed by atoms with Crippen molar-refractivity contribution in [2.24, 2.45) is 0 Å². The average molecular weight is 532 g/mol. The first-order valence-electron chi connectivity index (χ1n) is 11.5. The number of amides is 2. The van der Waals surface area contributed by atoms with Crippen LogP contribution >= 0.6 is 15.9 Å². The standard InChI is InChI=1S/C28H26BrN3O3/c1-28(27(34)30-16-19-8-4-3-5-9-19)18-31-23-11-7-6-10-20(23)15-24(31)26(33)32(28)17-21-14-22(29)12-13-25(21)35-2/h3-15H,16-18H2,1-2H3,(H,30,34)/t28-/m1/s1. The van der Waals surface area contributed by atoms with Crippen molar-refractivity contribution in [3.8, 4) is 5.75 Å². The molecular weight excluding hydrogens is 506 g/mol. The van der Waals surface area contributed by atoms with Crippen LogP contribution in [0.3, 0.4) is 0 Å². The Morgan fingerprint density at radius 2 is 1.80 bits per heavy atom. The van der Waals surface area contributed by atoms with Crippen LogP contribution in [0.2, 0.25) is 0 Å². The van der Waals surface area contributed by atoms with Gasteiger partial charge in [0, 0.05) is 27.5 Å². The van der Waals surface area contributed by atoms with Crippen molar-refractivity contribution < 1.29 is 14.3 Å². The van der Waals surface area contributed by atoms with E-state index in [2.05, 4.69) is 21.2 Å². The lowest BCUT2D eigenvalue weighted by Gasteiger charge is -2.44. The van der Waals surface area contributed by atoms with E-state index in [1.165, 1.54) is 0 Å². The van der Waals surface area contributed by atoms with Gasteiger partial charge in [-0.15, -0.1) is 0 Å². The summed E-state index contributed by atoms with van der Waals surface area (Å²) in [6.45, 7) is 2.81. The van der Waals surface area contributed by atoms with Crippen molar-refractivity contribution in [2.75, 3.05) is 7.11 Å². The minimum Gasteiger partial charge on any atom is -0.496 e. The maximum Gasteiger partial charge on any atom is 0.271 e. The molecule has 6 nitrogen and oxygen atoms in total. The minimum atomic E-state index is -1.12. The molecule has 0 saturated heterocycles. The molecule has 2 heterocycles. The van der Waals surface area contributed by atoms with Gasteiger partial charge in [0.15, 0.2) is 0 Å². The van der Waals surface area contributed by atoms with Crippen LogP contribution in [0.25, 0.3) is 10.9 Å². The van der Waals surface area contributed by atoms with Crippen LogP contribution in [-0.4, -0.2) is 33.9 Å². The van der Waals surface area contributed by atoms with Crippen molar-refractivity contribution in [3.63, 3.8) is 0 Å². The van der Waals surface area contributed by atoms with E-state index >= 15 is 0 Å². The van der Waals surface area contributed by atoms with Gasteiger partial charge in [0.05, 0.1) is 20.2 Å². The van der Waals surface area contributed by atoms with Gasteiger partial charge in [-0.3, -0.25) is 9.59 Å². The zero-order valence-electron chi connectivity index (χ0n) is 19.6. The molecule has 5 rings (SSSR count). The van der Waals surface area contributed by atoms with Crippen LogP contribution in [-0.2, 0) is 24.4 Å². The Morgan fingerprint density at radius 1 is 1.06 bits per heavy atom. The van der Waals surface area contributed by atoms with Gasteiger partial charge in [-0.2, -0.15) is 0 Å². The predicted molar refractivity (Wildman–Crippen MR) is 139 cm³/mol. The molecule has 0 bridgehead atoms. The van der Waals surface area contributed by atoms with Crippen molar-refractivity contribution in [2.45, 2.75) is 32.1 Å². The van der Waals surface area contributed by atoms with E-state index in [4.69, 9.17) is 4.74 Å². The Bertz CT molecular complexity index is 1420. The Labute approximate surface area is 212 Å². The molecule has 0 unspecified atom stereocenters. The highest BCUT2D eigenvalue weighted by Gasteiger charge is 2.47. The van der Waals surface area contributed by atoms with Gasteiger partial charge in [-0.25, -0.2) is 0 Å². The van der Waals surface area contributed by atoms with Gasteiger partial charge in [-0.05, 0) is 42.8 Å². The van der Waals surface area contributed by atoms with Gasteiger partial charge in [0.25, 0.3) is 5.91 Å². The van der Waals surface area contributed by atoms with E-state index in [1.807, 2.05) is 90.4 Å². The second kappa shape index (κ2) is 9.23. The second-order valence-electron chi connectivity index (χ2n) is 8.96. The molecule has 4 aromatic rings. The van der Waals surface area contributed by atoms with Crippen LogP contribution in [0.15, 0.2) is 83.3 Å². The summed E-state index contributed by atoms with van der Waals surface area (Å²) < 4.78 is 8.41. The normalized spacial score (nSPS) is 17.3. The third kappa shape index (κ3) is 4.21.